The normalized spacial score (nSPS) is 19.0. The third kappa shape index (κ3) is 5.87. The Kier molecular flexibility index (Phi) is 8.18. The Morgan fingerprint density at radius 3 is 2.74 bits per heavy atom. The van der Waals surface area contributed by atoms with E-state index in [1.54, 1.807) is 48.5 Å². The molecule has 0 radical (unpaired) electrons. The van der Waals surface area contributed by atoms with Crippen LogP contribution in [0.5, 0.6) is 11.5 Å². The minimum Gasteiger partial charge on any atom is -0.507 e. The highest BCUT2D eigenvalue weighted by Gasteiger charge is 2.48. The van der Waals surface area contributed by atoms with Crippen molar-refractivity contribution in [3.63, 3.8) is 0 Å². The van der Waals surface area contributed by atoms with Crippen LogP contribution in [0.3, 0.4) is 0 Å². The number of fused-ring (bicyclic) bond motifs is 1. The summed E-state index contributed by atoms with van der Waals surface area (Å²) in [6, 6.07) is 17.6. The van der Waals surface area contributed by atoms with Crippen LogP contribution in [-0.4, -0.2) is 39.7 Å². The molecule has 0 bridgehead atoms. The molecule has 0 spiro atoms. The number of aromatic nitrogens is 2. The van der Waals surface area contributed by atoms with Crippen LogP contribution in [0.1, 0.15) is 48.6 Å². The molecule has 1 fully saturated rings. The summed E-state index contributed by atoms with van der Waals surface area (Å²) in [4.78, 5) is 28.5. The third-order valence-electron chi connectivity index (χ3n) is 7.14. The summed E-state index contributed by atoms with van der Waals surface area (Å²) in [7, 11) is 0. The lowest BCUT2D eigenvalue weighted by atomic mass is 9.94. The maximum atomic E-state index is 13.6. The minimum absolute atomic E-state index is 0.0105. The summed E-state index contributed by atoms with van der Waals surface area (Å²) in [5, 5.41) is 20.3. The average Bonchev–Trinajstić information content (AvgIpc) is 3.70. The number of carbonyl (C=O) groups is 2. The molecule has 1 amide bonds. The molecular weight excluding hydrogens is 590 g/mol. The molecule has 4 aromatic rings. The first kappa shape index (κ1) is 28.9. The molecule has 1 aromatic heterocycles. The first-order chi connectivity index (χ1) is 20.8. The topological polar surface area (TPSA) is 102 Å². The van der Waals surface area contributed by atoms with Gasteiger partial charge >= 0.3 is 5.91 Å². The number of hydrogen-bond acceptors (Lipinski definition) is 9. The molecule has 43 heavy (non-hydrogen) atoms. The summed E-state index contributed by atoms with van der Waals surface area (Å²) in [6.45, 7) is 4.47. The zero-order chi connectivity index (χ0) is 30.1. The number of Topliss-reactive ketones (excluding diaryl/α,β-unsaturated/α-hetero) is 1. The molecule has 1 saturated heterocycles. The Morgan fingerprint density at radius 1 is 1.14 bits per heavy atom. The third-order valence-corrected chi connectivity index (χ3v) is 9.27. The van der Waals surface area contributed by atoms with Crippen LogP contribution in [0.15, 0.2) is 76.6 Å². The van der Waals surface area contributed by atoms with E-state index in [1.165, 1.54) is 40.1 Å². The zero-order valence-corrected chi connectivity index (χ0v) is 25.1. The smallest absolute Gasteiger partial charge is 0.301 e. The number of ether oxygens (including phenoxy) is 2. The number of nitrogens with zero attached hydrogens (tertiary/aromatic N) is 3. The lowest BCUT2D eigenvalue weighted by molar-refractivity contribution is -0.132. The van der Waals surface area contributed by atoms with E-state index in [1.807, 2.05) is 19.9 Å². The van der Waals surface area contributed by atoms with Crippen LogP contribution in [0.2, 0.25) is 0 Å². The lowest BCUT2D eigenvalue weighted by Crippen LogP contribution is -2.29. The maximum absolute atomic E-state index is 13.6. The van der Waals surface area contributed by atoms with Crippen molar-refractivity contribution in [3.05, 3.63) is 100 Å². The summed E-state index contributed by atoms with van der Waals surface area (Å²) in [5.74, 6) is -0.367. The zero-order valence-electron chi connectivity index (χ0n) is 23.5. The predicted molar refractivity (Wildman–Crippen MR) is 163 cm³/mol. The lowest BCUT2D eigenvalue weighted by Gasteiger charge is -2.23. The molecule has 3 aromatic carbocycles. The fourth-order valence-electron chi connectivity index (χ4n) is 5.15. The minimum atomic E-state index is -0.962. The van der Waals surface area contributed by atoms with Gasteiger partial charge in [-0.15, -0.1) is 10.2 Å². The highest BCUT2D eigenvalue weighted by molar-refractivity contribution is 8.00. The van der Waals surface area contributed by atoms with Crippen LogP contribution in [0, 0.1) is 5.82 Å². The van der Waals surface area contributed by atoms with Crippen LogP contribution in [0.25, 0.3) is 5.76 Å². The van der Waals surface area contributed by atoms with E-state index in [0.29, 0.717) is 40.0 Å². The van der Waals surface area contributed by atoms with E-state index in [2.05, 4.69) is 10.2 Å². The summed E-state index contributed by atoms with van der Waals surface area (Å²) in [5.41, 5.74) is 2.79. The fourth-order valence-corrected chi connectivity index (χ4v) is 6.97. The Labute approximate surface area is 256 Å². The SMILES string of the molecule is CCCOc1cccc(C2/C(=C(\O)c3ccc4c(c3)CC(C)O4)C(=O)C(=O)N2c2nnc(SCc3ccc(F)cc3)s2)c1. The van der Waals surface area contributed by atoms with E-state index in [0.717, 1.165) is 23.3 Å². The Balaban J connectivity index is 1.39. The van der Waals surface area contributed by atoms with Gasteiger partial charge in [0, 0.05) is 17.7 Å². The second-order valence-electron chi connectivity index (χ2n) is 10.3. The van der Waals surface area contributed by atoms with Crippen LogP contribution in [-0.2, 0) is 21.8 Å². The molecule has 2 atom stereocenters. The molecule has 0 saturated carbocycles. The number of anilines is 1. The Morgan fingerprint density at radius 2 is 1.95 bits per heavy atom. The first-order valence-electron chi connectivity index (χ1n) is 13.9. The maximum Gasteiger partial charge on any atom is 0.301 e. The molecule has 2 aliphatic rings. The van der Waals surface area contributed by atoms with Gasteiger partial charge < -0.3 is 14.6 Å². The molecule has 8 nitrogen and oxygen atoms in total. The molecule has 6 rings (SSSR count). The van der Waals surface area contributed by atoms with Gasteiger partial charge in [0.25, 0.3) is 5.78 Å². The van der Waals surface area contributed by atoms with Gasteiger partial charge in [-0.25, -0.2) is 4.39 Å². The van der Waals surface area contributed by atoms with Crippen molar-refractivity contribution < 1.29 is 28.6 Å². The molecule has 2 unspecified atom stereocenters. The molecule has 1 N–H and O–H groups in total. The number of thioether (sulfide) groups is 1. The van der Waals surface area contributed by atoms with Crippen molar-refractivity contribution >= 4 is 45.7 Å². The van der Waals surface area contributed by atoms with Crippen molar-refractivity contribution in [1.82, 2.24) is 10.2 Å². The van der Waals surface area contributed by atoms with Crippen LogP contribution < -0.4 is 14.4 Å². The quantitative estimate of drug-likeness (QED) is 0.0727. The number of hydrogen-bond donors (Lipinski definition) is 1. The van der Waals surface area contributed by atoms with Crippen LogP contribution in [0.4, 0.5) is 9.52 Å². The van der Waals surface area contributed by atoms with Gasteiger partial charge in [0.2, 0.25) is 5.13 Å². The van der Waals surface area contributed by atoms with E-state index in [-0.39, 0.29) is 28.4 Å². The van der Waals surface area contributed by atoms with Gasteiger partial charge in [-0.05, 0) is 72.5 Å². The number of rotatable bonds is 9. The standard InChI is InChI=1S/C32H28FN3O5S2/c1-3-13-40-24-6-4-5-20(16-24)27-26(28(37)21-9-12-25-22(15-21)14-18(2)41-25)29(38)30(39)36(27)31-34-35-32(43-31)42-17-19-7-10-23(33)11-8-19/h4-12,15-16,18,27,37H,3,13-14,17H2,1-2H3/b28-26+. The molecule has 0 aliphatic carbocycles. The van der Waals surface area contributed by atoms with E-state index in [4.69, 9.17) is 9.47 Å². The van der Waals surface area contributed by atoms with Crippen molar-refractivity contribution in [2.75, 3.05) is 11.5 Å². The number of ketones is 1. The number of benzene rings is 3. The molecule has 220 valence electrons. The fraction of sp³-hybridized carbons (Fsp3) is 0.250. The molecule has 11 heteroatoms. The van der Waals surface area contributed by atoms with E-state index < -0.39 is 17.7 Å². The Bertz CT molecular complexity index is 1720. The second kappa shape index (κ2) is 12.2. The van der Waals surface area contributed by atoms with Gasteiger partial charge in [0.05, 0.1) is 18.2 Å². The van der Waals surface area contributed by atoms with Crippen molar-refractivity contribution in [2.45, 2.75) is 48.9 Å². The van der Waals surface area contributed by atoms with Crippen molar-refractivity contribution in [2.24, 2.45) is 0 Å². The van der Waals surface area contributed by atoms with Gasteiger partial charge in [-0.3, -0.25) is 14.5 Å². The first-order valence-corrected chi connectivity index (χ1v) is 15.7. The number of halogens is 1. The van der Waals surface area contributed by atoms with Gasteiger partial charge in [0.15, 0.2) is 4.34 Å². The van der Waals surface area contributed by atoms with Crippen LogP contribution >= 0.6 is 23.1 Å². The van der Waals surface area contributed by atoms with Gasteiger partial charge in [-0.2, -0.15) is 0 Å². The van der Waals surface area contributed by atoms with E-state index >= 15 is 0 Å². The predicted octanol–water partition coefficient (Wildman–Crippen LogP) is 6.71. The highest BCUT2D eigenvalue weighted by atomic mass is 32.2. The number of aliphatic hydroxyl groups is 1. The molecular formula is C32H28FN3O5S2. The van der Waals surface area contributed by atoms with E-state index in [9.17, 15) is 19.1 Å². The monoisotopic (exact) mass is 617 g/mol. The second-order valence-corrected chi connectivity index (χ2v) is 12.5. The number of amides is 1. The highest BCUT2D eigenvalue weighted by Crippen LogP contribution is 2.45. The molecule has 3 heterocycles. The van der Waals surface area contributed by atoms with Gasteiger partial charge in [-0.1, -0.05) is 54.3 Å². The largest absolute Gasteiger partial charge is 0.507 e. The molecule has 2 aliphatic heterocycles. The van der Waals surface area contributed by atoms with Crippen molar-refractivity contribution in [3.8, 4) is 11.5 Å². The summed E-state index contributed by atoms with van der Waals surface area (Å²) in [6.07, 6.45) is 1.50. The van der Waals surface area contributed by atoms with Gasteiger partial charge in [0.1, 0.15) is 29.2 Å². The Hall–Kier alpha value is -4.22. The number of aliphatic hydroxyl groups excluding tert-OH is 1. The summed E-state index contributed by atoms with van der Waals surface area (Å²) >= 11 is 2.56. The average molecular weight is 618 g/mol. The summed E-state index contributed by atoms with van der Waals surface area (Å²) < 4.78 is 25.5. The van der Waals surface area contributed by atoms with Crippen molar-refractivity contribution in [1.29, 1.82) is 0 Å². The number of carbonyl (C=O) groups excluding carboxylic acids is 2.